The van der Waals surface area contributed by atoms with Gasteiger partial charge in [-0.2, -0.15) is 13.2 Å². The number of β-amino-alcohol motifs (C(OH)–C–C–N with tert-alkyl or cyclic N) is 1. The number of hydrogen-bond acceptors (Lipinski definition) is 4. The zero-order valence-electron chi connectivity index (χ0n) is 7.67. The van der Waals surface area contributed by atoms with Crippen molar-refractivity contribution in [1.82, 2.24) is 5.32 Å². The minimum absolute atomic E-state index is 0.520. The number of alkyl halides is 3. The third-order valence-electron chi connectivity index (χ3n) is 1.80. The monoisotopic (exact) mass is 217 g/mol. The Morgan fingerprint density at radius 1 is 1.21 bits per heavy atom. The van der Waals surface area contributed by atoms with Gasteiger partial charge in [-0.25, -0.2) is 0 Å². The van der Waals surface area contributed by atoms with Gasteiger partial charge in [-0.05, 0) is 6.92 Å². The maximum absolute atomic E-state index is 11.8. The van der Waals surface area contributed by atoms with Crippen molar-refractivity contribution in [2.75, 3.05) is 19.8 Å². The molecule has 0 rings (SSSR count). The molecule has 4 nitrogen and oxygen atoms in total. The van der Waals surface area contributed by atoms with Gasteiger partial charge in [0.05, 0.1) is 18.8 Å². The quantitative estimate of drug-likeness (QED) is 0.488. The molecule has 0 radical (unpaired) electrons. The number of aliphatic hydroxyl groups excluding tert-OH is 3. The van der Waals surface area contributed by atoms with Crippen LogP contribution in [0.15, 0.2) is 0 Å². The molecule has 0 aromatic heterocycles. The highest BCUT2D eigenvalue weighted by Crippen LogP contribution is 2.19. The van der Waals surface area contributed by atoms with Gasteiger partial charge in [-0.15, -0.1) is 0 Å². The maximum atomic E-state index is 11.8. The van der Waals surface area contributed by atoms with E-state index in [2.05, 4.69) is 5.32 Å². The summed E-state index contributed by atoms with van der Waals surface area (Å²) in [4.78, 5) is 0. The first-order chi connectivity index (χ1) is 6.25. The van der Waals surface area contributed by atoms with E-state index in [-0.39, 0.29) is 0 Å². The van der Waals surface area contributed by atoms with E-state index in [9.17, 15) is 13.2 Å². The minimum atomic E-state index is -4.70. The molecule has 1 unspecified atom stereocenters. The maximum Gasteiger partial charge on any atom is 0.415 e. The van der Waals surface area contributed by atoms with Crippen molar-refractivity contribution in [2.45, 2.75) is 24.7 Å². The van der Waals surface area contributed by atoms with Crippen molar-refractivity contribution < 1.29 is 28.5 Å². The van der Waals surface area contributed by atoms with Gasteiger partial charge in [0.2, 0.25) is 0 Å². The molecular weight excluding hydrogens is 203 g/mol. The van der Waals surface area contributed by atoms with E-state index in [1.807, 2.05) is 0 Å². The normalized spacial score (nSPS) is 15.6. The standard InChI is InChI=1S/C7H14F3NO3/c1-6(3-12,4-13)11-2-5(14)7(8,9)10/h5,11-14H,2-4H2,1H3. The molecule has 0 fully saturated rings. The summed E-state index contributed by atoms with van der Waals surface area (Å²) in [5.41, 5.74) is -1.22. The Morgan fingerprint density at radius 3 is 1.93 bits per heavy atom. The smallest absolute Gasteiger partial charge is 0.394 e. The highest BCUT2D eigenvalue weighted by molar-refractivity contribution is 4.83. The van der Waals surface area contributed by atoms with Gasteiger partial charge in [0, 0.05) is 6.54 Å². The first kappa shape index (κ1) is 13.6. The van der Waals surface area contributed by atoms with Gasteiger partial charge in [0.25, 0.3) is 0 Å². The van der Waals surface area contributed by atoms with Crippen LogP contribution in [0.5, 0.6) is 0 Å². The third kappa shape index (κ3) is 4.23. The highest BCUT2D eigenvalue weighted by atomic mass is 19.4. The Kier molecular flexibility index (Phi) is 4.79. The number of hydrogen-bond donors (Lipinski definition) is 4. The molecule has 0 heterocycles. The summed E-state index contributed by atoms with van der Waals surface area (Å²) in [5, 5.41) is 28.3. The van der Waals surface area contributed by atoms with Crippen molar-refractivity contribution in [2.24, 2.45) is 0 Å². The van der Waals surface area contributed by atoms with Crippen LogP contribution >= 0.6 is 0 Å². The zero-order valence-corrected chi connectivity index (χ0v) is 7.67. The van der Waals surface area contributed by atoms with Gasteiger partial charge in [-0.3, -0.25) is 0 Å². The average molecular weight is 217 g/mol. The molecule has 86 valence electrons. The van der Waals surface area contributed by atoms with E-state index >= 15 is 0 Å². The molecule has 0 saturated carbocycles. The Morgan fingerprint density at radius 2 is 1.64 bits per heavy atom. The topological polar surface area (TPSA) is 72.7 Å². The summed E-state index contributed by atoms with van der Waals surface area (Å²) < 4.78 is 35.5. The van der Waals surface area contributed by atoms with Gasteiger partial charge >= 0.3 is 6.18 Å². The molecule has 7 heteroatoms. The first-order valence-electron chi connectivity index (χ1n) is 3.97. The Bertz CT molecular complexity index is 170. The second kappa shape index (κ2) is 4.92. The van der Waals surface area contributed by atoms with Crippen molar-refractivity contribution in [3.63, 3.8) is 0 Å². The van der Waals surface area contributed by atoms with Crippen LogP contribution in [0, 0.1) is 0 Å². The van der Waals surface area contributed by atoms with Gasteiger partial charge in [0.15, 0.2) is 6.10 Å². The minimum Gasteiger partial charge on any atom is -0.394 e. The number of nitrogens with one attached hydrogen (secondary N) is 1. The lowest BCUT2D eigenvalue weighted by molar-refractivity contribution is -0.203. The summed E-state index contributed by atoms with van der Waals surface area (Å²) in [6, 6.07) is 0. The number of halogens is 3. The van der Waals surface area contributed by atoms with E-state index in [0.717, 1.165) is 0 Å². The highest BCUT2D eigenvalue weighted by Gasteiger charge is 2.39. The molecule has 0 aliphatic rings. The molecule has 0 aliphatic carbocycles. The van der Waals surface area contributed by atoms with Crippen LogP contribution in [0.1, 0.15) is 6.92 Å². The number of rotatable bonds is 5. The molecule has 1 atom stereocenters. The molecule has 14 heavy (non-hydrogen) atoms. The number of aliphatic hydroxyl groups is 3. The summed E-state index contributed by atoms with van der Waals surface area (Å²) in [5.74, 6) is 0. The Balaban J connectivity index is 4.05. The summed E-state index contributed by atoms with van der Waals surface area (Å²) in [6.45, 7) is -0.459. The van der Waals surface area contributed by atoms with Crippen LogP contribution in [0.2, 0.25) is 0 Å². The van der Waals surface area contributed by atoms with Crippen molar-refractivity contribution in [3.05, 3.63) is 0 Å². The first-order valence-corrected chi connectivity index (χ1v) is 3.97. The molecule has 0 bridgehead atoms. The lowest BCUT2D eigenvalue weighted by Gasteiger charge is -2.28. The van der Waals surface area contributed by atoms with E-state index in [1.54, 1.807) is 0 Å². The predicted molar refractivity (Wildman–Crippen MR) is 42.6 cm³/mol. The fourth-order valence-electron chi connectivity index (χ4n) is 0.621. The Labute approximate surface area is 79.4 Å². The molecule has 0 aromatic rings. The second-order valence-corrected chi connectivity index (χ2v) is 3.32. The van der Waals surface area contributed by atoms with Crippen LogP contribution in [0.3, 0.4) is 0 Å². The van der Waals surface area contributed by atoms with Crippen LogP contribution in [0.25, 0.3) is 0 Å². The molecular formula is C7H14F3NO3. The van der Waals surface area contributed by atoms with E-state index in [0.29, 0.717) is 0 Å². The van der Waals surface area contributed by atoms with Crippen LogP contribution in [-0.4, -0.2) is 52.9 Å². The molecule has 0 spiro atoms. The van der Waals surface area contributed by atoms with E-state index in [1.165, 1.54) is 6.92 Å². The average Bonchev–Trinajstić information content (AvgIpc) is 2.12. The molecule has 0 amide bonds. The van der Waals surface area contributed by atoms with Gasteiger partial charge < -0.3 is 20.6 Å². The summed E-state index contributed by atoms with van der Waals surface area (Å²) in [7, 11) is 0. The fraction of sp³-hybridized carbons (Fsp3) is 1.00. The SMILES string of the molecule is CC(CO)(CO)NCC(O)C(F)(F)F. The zero-order chi connectivity index (χ0) is 11.4. The van der Waals surface area contributed by atoms with Crippen LogP contribution in [0.4, 0.5) is 13.2 Å². The van der Waals surface area contributed by atoms with Gasteiger partial charge in [-0.1, -0.05) is 0 Å². The Hall–Kier alpha value is -0.370. The molecule has 0 aromatic carbocycles. The van der Waals surface area contributed by atoms with Crippen LogP contribution < -0.4 is 5.32 Å². The summed E-state index contributed by atoms with van der Waals surface area (Å²) in [6.07, 6.45) is -7.20. The second-order valence-electron chi connectivity index (χ2n) is 3.32. The predicted octanol–water partition coefficient (Wildman–Crippen LogP) is -0.758. The van der Waals surface area contributed by atoms with Crippen molar-refractivity contribution >= 4 is 0 Å². The van der Waals surface area contributed by atoms with E-state index in [4.69, 9.17) is 15.3 Å². The molecule has 4 N–H and O–H groups in total. The lowest BCUT2D eigenvalue weighted by Crippen LogP contribution is -2.53. The van der Waals surface area contributed by atoms with Crippen molar-refractivity contribution in [1.29, 1.82) is 0 Å². The lowest BCUT2D eigenvalue weighted by atomic mass is 10.1. The fourth-order valence-corrected chi connectivity index (χ4v) is 0.621. The molecule has 0 saturated heterocycles. The largest absolute Gasteiger partial charge is 0.415 e. The molecule has 0 aliphatic heterocycles. The summed E-state index contributed by atoms with van der Waals surface area (Å²) >= 11 is 0. The van der Waals surface area contributed by atoms with Crippen molar-refractivity contribution in [3.8, 4) is 0 Å². The third-order valence-corrected chi connectivity index (χ3v) is 1.80. The van der Waals surface area contributed by atoms with E-state index < -0.39 is 37.6 Å². The van der Waals surface area contributed by atoms with Crippen LogP contribution in [-0.2, 0) is 0 Å². The van der Waals surface area contributed by atoms with Gasteiger partial charge in [0.1, 0.15) is 0 Å².